The zero-order valence-electron chi connectivity index (χ0n) is 13.6. The average molecular weight is 343 g/mol. The molecule has 0 spiro atoms. The normalized spacial score (nSPS) is 11.7. The molecule has 0 saturated heterocycles. The highest BCUT2D eigenvalue weighted by atomic mass is 35.5. The van der Waals surface area contributed by atoms with Gasteiger partial charge in [-0.2, -0.15) is 0 Å². The maximum Gasteiger partial charge on any atom is 0.407 e. The third-order valence-electron chi connectivity index (χ3n) is 2.74. The van der Waals surface area contributed by atoms with E-state index >= 15 is 0 Å². The van der Waals surface area contributed by atoms with Gasteiger partial charge in [0.2, 0.25) is 0 Å². The summed E-state index contributed by atoms with van der Waals surface area (Å²) < 4.78 is 10.4. The van der Waals surface area contributed by atoms with Crippen LogP contribution < -0.4 is 15.4 Å². The second-order valence-electron chi connectivity index (χ2n) is 5.42. The van der Waals surface area contributed by atoms with Gasteiger partial charge in [-0.1, -0.05) is 25.4 Å². The summed E-state index contributed by atoms with van der Waals surface area (Å²) in [6.45, 7) is 6.50. The standard InChI is InChI=1S/C16H23ClN2O4/c1-11(2)10-22-16(21)19-9-8-18-15(20)12(3)23-14-6-4-13(17)5-7-14/h4-7,11-12H,8-10H2,1-3H3,(H,18,20)(H,19,21). The highest BCUT2D eigenvalue weighted by Crippen LogP contribution is 2.16. The van der Waals surface area contributed by atoms with Crippen molar-refractivity contribution in [3.63, 3.8) is 0 Å². The van der Waals surface area contributed by atoms with E-state index in [0.29, 0.717) is 23.9 Å². The first-order valence-electron chi connectivity index (χ1n) is 7.49. The van der Waals surface area contributed by atoms with Gasteiger partial charge in [-0.05, 0) is 37.1 Å². The minimum atomic E-state index is -0.649. The van der Waals surface area contributed by atoms with E-state index in [4.69, 9.17) is 21.1 Å². The summed E-state index contributed by atoms with van der Waals surface area (Å²) in [6.07, 6.45) is -1.14. The summed E-state index contributed by atoms with van der Waals surface area (Å²) >= 11 is 5.78. The van der Waals surface area contributed by atoms with Crippen molar-refractivity contribution in [1.29, 1.82) is 0 Å². The van der Waals surface area contributed by atoms with Crippen molar-refractivity contribution < 1.29 is 19.1 Å². The molecule has 0 radical (unpaired) electrons. The fourth-order valence-corrected chi connectivity index (χ4v) is 1.68. The minimum absolute atomic E-state index is 0.266. The Morgan fingerprint density at radius 1 is 1.09 bits per heavy atom. The van der Waals surface area contributed by atoms with E-state index in [2.05, 4.69) is 10.6 Å². The number of carbonyl (C=O) groups excluding carboxylic acids is 2. The molecule has 1 aromatic carbocycles. The van der Waals surface area contributed by atoms with Crippen molar-refractivity contribution in [2.75, 3.05) is 19.7 Å². The molecule has 23 heavy (non-hydrogen) atoms. The van der Waals surface area contributed by atoms with Crippen LogP contribution in [0.1, 0.15) is 20.8 Å². The molecule has 0 aliphatic heterocycles. The number of hydrogen-bond donors (Lipinski definition) is 2. The number of rotatable bonds is 8. The maximum absolute atomic E-state index is 11.9. The molecule has 1 aromatic rings. The van der Waals surface area contributed by atoms with Crippen LogP contribution in [0.3, 0.4) is 0 Å². The van der Waals surface area contributed by atoms with Gasteiger partial charge < -0.3 is 20.1 Å². The molecule has 0 aromatic heterocycles. The molecule has 2 amide bonds. The topological polar surface area (TPSA) is 76.7 Å². The van der Waals surface area contributed by atoms with E-state index in [1.165, 1.54) is 0 Å². The van der Waals surface area contributed by atoms with Crippen LogP contribution >= 0.6 is 11.6 Å². The van der Waals surface area contributed by atoms with Crippen molar-refractivity contribution in [3.05, 3.63) is 29.3 Å². The minimum Gasteiger partial charge on any atom is -0.481 e. The molecule has 1 unspecified atom stereocenters. The van der Waals surface area contributed by atoms with Gasteiger partial charge in [0.1, 0.15) is 5.75 Å². The number of alkyl carbamates (subject to hydrolysis) is 1. The summed E-state index contributed by atoms with van der Waals surface area (Å²) in [5, 5.41) is 5.83. The molecule has 0 aliphatic rings. The molecule has 0 heterocycles. The molecule has 7 heteroatoms. The van der Waals surface area contributed by atoms with Crippen molar-refractivity contribution in [1.82, 2.24) is 10.6 Å². The number of amides is 2. The van der Waals surface area contributed by atoms with Crippen LogP contribution in [0.4, 0.5) is 4.79 Å². The van der Waals surface area contributed by atoms with Gasteiger partial charge in [-0.25, -0.2) is 4.79 Å². The van der Waals surface area contributed by atoms with Crippen molar-refractivity contribution in [3.8, 4) is 5.75 Å². The first-order chi connectivity index (χ1) is 10.9. The van der Waals surface area contributed by atoms with E-state index in [1.54, 1.807) is 31.2 Å². The van der Waals surface area contributed by atoms with Crippen LogP contribution in [-0.4, -0.2) is 37.8 Å². The molecule has 0 aliphatic carbocycles. The fourth-order valence-electron chi connectivity index (χ4n) is 1.56. The smallest absolute Gasteiger partial charge is 0.407 e. The molecule has 0 saturated carbocycles. The lowest BCUT2D eigenvalue weighted by molar-refractivity contribution is -0.127. The first-order valence-corrected chi connectivity index (χ1v) is 7.87. The van der Waals surface area contributed by atoms with Crippen molar-refractivity contribution >= 4 is 23.6 Å². The lowest BCUT2D eigenvalue weighted by Crippen LogP contribution is -2.40. The molecule has 0 bridgehead atoms. The summed E-state index contributed by atoms with van der Waals surface area (Å²) in [6, 6.07) is 6.76. The molecule has 1 atom stereocenters. The van der Waals surface area contributed by atoms with Crippen molar-refractivity contribution in [2.24, 2.45) is 5.92 Å². The highest BCUT2D eigenvalue weighted by molar-refractivity contribution is 6.30. The van der Waals surface area contributed by atoms with E-state index in [1.807, 2.05) is 13.8 Å². The van der Waals surface area contributed by atoms with E-state index in [-0.39, 0.29) is 18.4 Å². The SMILES string of the molecule is CC(C)COC(=O)NCCNC(=O)C(C)Oc1ccc(Cl)cc1. The van der Waals surface area contributed by atoms with Gasteiger partial charge in [0.25, 0.3) is 5.91 Å². The lowest BCUT2D eigenvalue weighted by atomic mass is 10.2. The Morgan fingerprint density at radius 3 is 2.30 bits per heavy atom. The molecule has 0 fully saturated rings. The lowest BCUT2D eigenvalue weighted by Gasteiger charge is -2.15. The van der Waals surface area contributed by atoms with Crippen LogP contribution in [-0.2, 0) is 9.53 Å². The highest BCUT2D eigenvalue weighted by Gasteiger charge is 2.14. The van der Waals surface area contributed by atoms with E-state index in [0.717, 1.165) is 0 Å². The fraction of sp³-hybridized carbons (Fsp3) is 0.500. The third-order valence-corrected chi connectivity index (χ3v) is 2.99. The van der Waals surface area contributed by atoms with Gasteiger partial charge in [-0.3, -0.25) is 4.79 Å². The number of hydrogen-bond acceptors (Lipinski definition) is 4. The second-order valence-corrected chi connectivity index (χ2v) is 5.86. The van der Waals surface area contributed by atoms with Gasteiger partial charge in [0.05, 0.1) is 6.61 Å². The quantitative estimate of drug-likeness (QED) is 0.712. The van der Waals surface area contributed by atoms with Crippen LogP contribution in [0.15, 0.2) is 24.3 Å². The first kappa shape index (κ1) is 19.1. The Labute approximate surface area is 141 Å². The van der Waals surface area contributed by atoms with Crippen molar-refractivity contribution in [2.45, 2.75) is 26.9 Å². The summed E-state index contributed by atoms with van der Waals surface area (Å²) in [7, 11) is 0. The molecular formula is C16H23ClN2O4. The van der Waals surface area contributed by atoms with E-state index in [9.17, 15) is 9.59 Å². The molecule has 2 N–H and O–H groups in total. The summed E-state index contributed by atoms with van der Waals surface area (Å²) in [4.78, 5) is 23.2. The zero-order valence-corrected chi connectivity index (χ0v) is 14.4. The van der Waals surface area contributed by atoms with Gasteiger partial charge in [-0.15, -0.1) is 0 Å². The summed E-state index contributed by atoms with van der Waals surface area (Å²) in [5.74, 6) is 0.580. The van der Waals surface area contributed by atoms with Crippen LogP contribution in [0.5, 0.6) is 5.75 Å². The Morgan fingerprint density at radius 2 is 1.70 bits per heavy atom. The Balaban J connectivity index is 2.20. The van der Waals surface area contributed by atoms with Crippen LogP contribution in [0.25, 0.3) is 0 Å². The Kier molecular flexibility index (Phi) is 8.26. The second kappa shape index (κ2) is 9.94. The zero-order chi connectivity index (χ0) is 17.2. The predicted molar refractivity (Wildman–Crippen MR) is 88.7 cm³/mol. The van der Waals surface area contributed by atoms with Crippen LogP contribution in [0, 0.1) is 5.92 Å². The van der Waals surface area contributed by atoms with Gasteiger partial charge >= 0.3 is 6.09 Å². The van der Waals surface area contributed by atoms with Gasteiger partial charge in [0.15, 0.2) is 6.10 Å². The molecule has 1 rings (SSSR count). The monoisotopic (exact) mass is 342 g/mol. The number of benzene rings is 1. The number of ether oxygens (including phenoxy) is 2. The Bertz CT molecular complexity index is 505. The van der Waals surface area contributed by atoms with Gasteiger partial charge in [0, 0.05) is 18.1 Å². The molecular weight excluding hydrogens is 320 g/mol. The largest absolute Gasteiger partial charge is 0.481 e. The molecule has 128 valence electrons. The van der Waals surface area contributed by atoms with E-state index < -0.39 is 12.2 Å². The molecule has 6 nitrogen and oxygen atoms in total. The Hall–Kier alpha value is -1.95. The number of halogens is 1. The third kappa shape index (κ3) is 8.30. The van der Waals surface area contributed by atoms with Crippen LogP contribution in [0.2, 0.25) is 5.02 Å². The summed E-state index contributed by atoms with van der Waals surface area (Å²) in [5.41, 5.74) is 0. The number of nitrogens with one attached hydrogen (secondary N) is 2. The predicted octanol–water partition coefficient (Wildman–Crippen LogP) is 2.61. The average Bonchev–Trinajstić information content (AvgIpc) is 2.51. The number of carbonyl (C=O) groups is 2. The maximum atomic E-state index is 11.9.